The SMILES string of the molecule is C.C.C.C.C1C2CC3CC1CC(C2)C3.C1C2CC3CC1CC(C2)C3.C1CCCCC1.C1CCCCC1.CCC.CCC.c1ccc(-c2ccccc2)cc1.c1ccc(-c2ccccc2)cc1.c1ccc2ccccc2c1.c1ccc2ccccc2c1.c1ccccc1.c1ccccc1. The predicted molar refractivity (Wildman–Crippen MR) is 442 cm³/mol. The highest BCUT2D eigenvalue weighted by atomic mass is 14.5. The van der Waals surface area contributed by atoms with Crippen molar-refractivity contribution in [3.63, 3.8) is 0 Å². The fraction of sp³-hybridized carbons (Fsp3) is 0.429. The summed E-state index contributed by atoms with van der Waals surface area (Å²) in [6.45, 7) is 8.50. The van der Waals surface area contributed by atoms with Gasteiger partial charge in [0.15, 0.2) is 0 Å². The molecular formula is C98H136. The molecule has 10 aromatic rings. The number of rotatable bonds is 2. The molecule has 20 rings (SSSR count). The van der Waals surface area contributed by atoms with Crippen LogP contribution >= 0.6 is 0 Å². The smallest absolute Gasteiger partial charge is 0.0184 e. The molecule has 10 aromatic carbocycles. The van der Waals surface area contributed by atoms with Crippen LogP contribution in [0.25, 0.3) is 43.8 Å². The van der Waals surface area contributed by atoms with Crippen LogP contribution in [-0.4, -0.2) is 0 Å². The van der Waals surface area contributed by atoms with Crippen molar-refractivity contribution in [3.05, 3.63) is 291 Å². The molecule has 10 saturated carbocycles. The highest BCUT2D eigenvalue weighted by Gasteiger charge is 2.42. The number of hydrogen-bond acceptors (Lipinski definition) is 0. The average molecular weight is 1310 g/mol. The lowest BCUT2D eigenvalue weighted by Gasteiger charge is -2.49. The van der Waals surface area contributed by atoms with Gasteiger partial charge in [-0.25, -0.2) is 0 Å². The molecule has 0 aromatic heterocycles. The van der Waals surface area contributed by atoms with Crippen molar-refractivity contribution in [1.29, 1.82) is 0 Å². The van der Waals surface area contributed by atoms with E-state index in [0.717, 1.165) is 0 Å². The molecular weight excluding hydrogens is 1180 g/mol. The van der Waals surface area contributed by atoms with E-state index in [4.69, 9.17) is 0 Å². The molecule has 528 valence electrons. The average Bonchev–Trinajstić information content (AvgIpc) is 0.801. The van der Waals surface area contributed by atoms with Crippen LogP contribution in [0.15, 0.2) is 291 Å². The molecule has 0 nitrogen and oxygen atoms in total. The van der Waals surface area contributed by atoms with Crippen LogP contribution in [0.5, 0.6) is 0 Å². The Hall–Kier alpha value is -7.28. The zero-order valence-electron chi connectivity index (χ0n) is 58.7. The molecule has 0 radical (unpaired) electrons. The van der Waals surface area contributed by atoms with E-state index in [1.165, 1.54) is 181 Å². The van der Waals surface area contributed by atoms with E-state index in [2.05, 4.69) is 222 Å². The first-order valence-corrected chi connectivity index (χ1v) is 37.6. The van der Waals surface area contributed by atoms with Crippen LogP contribution in [0.4, 0.5) is 0 Å². The van der Waals surface area contributed by atoms with E-state index in [0.29, 0.717) is 0 Å². The number of fused-ring (bicyclic) bond motifs is 2. The minimum absolute atomic E-state index is 0. The highest BCUT2D eigenvalue weighted by molar-refractivity contribution is 5.82. The first-order valence-electron chi connectivity index (χ1n) is 37.6. The quantitative estimate of drug-likeness (QED) is 0.162. The van der Waals surface area contributed by atoms with Gasteiger partial charge in [0.1, 0.15) is 0 Å². The predicted octanol–water partition coefficient (Wildman–Crippen LogP) is 31.5. The summed E-state index contributed by atoms with van der Waals surface area (Å²) in [5, 5.41) is 5.24. The second kappa shape index (κ2) is 53.7. The van der Waals surface area contributed by atoms with Gasteiger partial charge in [-0.05, 0) is 168 Å². The van der Waals surface area contributed by atoms with E-state index in [9.17, 15) is 0 Å². The Balaban J connectivity index is 0.000000282. The van der Waals surface area contributed by atoms with Gasteiger partial charge in [0.2, 0.25) is 0 Å². The normalized spacial score (nSPS) is 20.4. The van der Waals surface area contributed by atoms with Crippen molar-refractivity contribution in [1.82, 2.24) is 0 Å². The zero-order chi connectivity index (χ0) is 65.6. The number of benzene rings is 10. The molecule has 0 heterocycles. The fourth-order valence-corrected chi connectivity index (χ4v) is 15.6. The van der Waals surface area contributed by atoms with Crippen LogP contribution in [0.2, 0.25) is 0 Å². The van der Waals surface area contributed by atoms with Gasteiger partial charge in [-0.2, -0.15) is 0 Å². The van der Waals surface area contributed by atoms with Crippen LogP contribution in [0.3, 0.4) is 0 Å². The molecule has 8 bridgehead atoms. The van der Waals surface area contributed by atoms with Gasteiger partial charge in [-0.1, -0.05) is 438 Å². The van der Waals surface area contributed by atoms with Gasteiger partial charge in [-0.3, -0.25) is 0 Å². The molecule has 0 aliphatic heterocycles. The summed E-state index contributed by atoms with van der Waals surface area (Å²) in [5.74, 6) is 9.42. The van der Waals surface area contributed by atoms with E-state index in [-0.39, 0.29) is 29.7 Å². The minimum atomic E-state index is 0. The zero-order valence-corrected chi connectivity index (χ0v) is 58.7. The first-order chi connectivity index (χ1) is 46.5. The van der Waals surface area contributed by atoms with Crippen LogP contribution in [-0.2, 0) is 0 Å². The lowest BCUT2D eigenvalue weighted by molar-refractivity contribution is 0.0197. The summed E-state index contributed by atoms with van der Waals surface area (Å²) in [5.41, 5.74) is 5.10. The van der Waals surface area contributed by atoms with Gasteiger partial charge in [0.25, 0.3) is 0 Å². The third-order valence-electron chi connectivity index (χ3n) is 19.4. The summed E-state index contributed by atoms with van der Waals surface area (Å²) >= 11 is 0. The van der Waals surface area contributed by atoms with E-state index in [1.54, 1.807) is 77.0 Å². The monoisotopic (exact) mass is 1310 g/mol. The topological polar surface area (TPSA) is 0 Å². The lowest BCUT2D eigenvalue weighted by Crippen LogP contribution is -2.38. The van der Waals surface area contributed by atoms with Crippen LogP contribution < -0.4 is 0 Å². The first kappa shape index (κ1) is 84.9. The summed E-state index contributed by atoms with van der Waals surface area (Å²) in [7, 11) is 0. The van der Waals surface area contributed by atoms with Crippen molar-refractivity contribution >= 4 is 21.5 Å². The third kappa shape index (κ3) is 34.5. The molecule has 0 spiro atoms. The van der Waals surface area contributed by atoms with E-state index in [1.807, 2.05) is 97.1 Å². The molecule has 10 aliphatic rings. The molecule has 10 aliphatic carbocycles. The fourth-order valence-electron chi connectivity index (χ4n) is 15.6. The van der Waals surface area contributed by atoms with Crippen LogP contribution in [0, 0.1) is 47.3 Å². The van der Waals surface area contributed by atoms with Gasteiger partial charge in [0.05, 0.1) is 0 Å². The Bertz CT molecular complexity index is 2700. The van der Waals surface area contributed by atoms with Gasteiger partial charge < -0.3 is 0 Å². The maximum atomic E-state index is 2.12. The molecule has 98 heavy (non-hydrogen) atoms. The third-order valence-corrected chi connectivity index (χ3v) is 19.4. The number of hydrogen-bond donors (Lipinski definition) is 0. The van der Waals surface area contributed by atoms with E-state index >= 15 is 0 Å². The summed E-state index contributed by atoms with van der Waals surface area (Å²) in [4.78, 5) is 0. The maximum absolute atomic E-state index is 2.12. The van der Waals surface area contributed by atoms with Crippen molar-refractivity contribution in [2.75, 3.05) is 0 Å². The highest BCUT2D eigenvalue weighted by Crippen LogP contribution is 2.54. The Morgan fingerprint density at radius 3 is 0.367 bits per heavy atom. The molecule has 0 atom stereocenters. The van der Waals surface area contributed by atoms with Crippen molar-refractivity contribution in [2.45, 2.75) is 224 Å². The Morgan fingerprint density at radius 2 is 0.255 bits per heavy atom. The van der Waals surface area contributed by atoms with Gasteiger partial charge >= 0.3 is 0 Å². The van der Waals surface area contributed by atoms with Crippen LogP contribution in [0.1, 0.15) is 224 Å². The second-order valence-electron chi connectivity index (χ2n) is 27.9. The van der Waals surface area contributed by atoms with Crippen molar-refractivity contribution < 1.29 is 0 Å². The van der Waals surface area contributed by atoms with Crippen molar-refractivity contribution in [2.24, 2.45) is 47.3 Å². The summed E-state index contributed by atoms with van der Waals surface area (Å²) in [6.07, 6.45) is 39.8. The molecule has 0 unspecified atom stereocenters. The maximum Gasteiger partial charge on any atom is -0.0184 e. The van der Waals surface area contributed by atoms with Gasteiger partial charge in [0, 0.05) is 0 Å². The van der Waals surface area contributed by atoms with Gasteiger partial charge in [-0.15, -0.1) is 0 Å². The second-order valence-corrected chi connectivity index (χ2v) is 27.9. The molecule has 0 saturated heterocycles. The van der Waals surface area contributed by atoms with E-state index < -0.39 is 0 Å². The molecule has 0 N–H and O–H groups in total. The molecule has 10 fully saturated rings. The minimum Gasteiger partial charge on any atom is -0.0776 e. The summed E-state index contributed by atoms with van der Waals surface area (Å²) in [6, 6.07) is 99.0. The lowest BCUT2D eigenvalue weighted by atomic mass is 9.56. The molecule has 0 amide bonds. The summed E-state index contributed by atoms with van der Waals surface area (Å²) < 4.78 is 0. The Morgan fingerprint density at radius 1 is 0.163 bits per heavy atom. The molecule has 0 heteroatoms. The standard InChI is InChI=1S/2C12H10.2C10H16.2C10H8.2C6H12.2C6H6.2C3H8.4CH4/c2*1-3-7-11(8-4-1)12-9-5-2-6-10-12;2*1-7-2-9-4-8(1)5-10(3-7)6-9;2*1-2-6-10-8-4-3-7-9(10)5-1;4*1-2-4-6-5-3-1;2*1-3-2;;;;/h2*1-10H;2*7-10H,1-6H2;2*1-8H;2*1-6H2;2*1-6H;2*3H2,1-2H3;4*1H4. The Labute approximate surface area is 603 Å². The van der Waals surface area contributed by atoms with Crippen molar-refractivity contribution in [3.8, 4) is 22.3 Å². The largest absolute Gasteiger partial charge is 0.0776 e. The Kier molecular flexibility index (Phi) is 46.5.